The van der Waals surface area contributed by atoms with Gasteiger partial charge in [-0.25, -0.2) is 0 Å². The lowest BCUT2D eigenvalue weighted by atomic mass is 10.1. The van der Waals surface area contributed by atoms with E-state index in [1.807, 2.05) is 43.3 Å². The standard InChI is InChI=1S/C20H23BrN2O3/c1-14-5-4-6-16(11-14)12-23(15(2)20(25)22-3)19(24)13-26-18-9-7-17(21)8-10-18/h4-11,15H,12-13H2,1-3H3,(H,22,25)/t15-/m1/s1. The molecule has 0 saturated carbocycles. The summed E-state index contributed by atoms with van der Waals surface area (Å²) in [6, 6.07) is 14.5. The fourth-order valence-corrected chi connectivity index (χ4v) is 2.82. The molecule has 0 bridgehead atoms. The minimum absolute atomic E-state index is 0.130. The number of amides is 2. The van der Waals surface area contributed by atoms with E-state index in [-0.39, 0.29) is 18.4 Å². The van der Waals surface area contributed by atoms with E-state index in [1.165, 1.54) is 4.90 Å². The third-order valence-corrected chi connectivity index (χ3v) is 4.55. The van der Waals surface area contributed by atoms with Crippen molar-refractivity contribution in [3.8, 4) is 5.75 Å². The zero-order valence-electron chi connectivity index (χ0n) is 15.2. The Balaban J connectivity index is 2.12. The van der Waals surface area contributed by atoms with Crippen LogP contribution in [0.2, 0.25) is 0 Å². The minimum Gasteiger partial charge on any atom is -0.484 e. The van der Waals surface area contributed by atoms with Crippen molar-refractivity contribution in [1.29, 1.82) is 0 Å². The molecule has 0 heterocycles. The first-order chi connectivity index (χ1) is 12.4. The number of carbonyl (C=O) groups is 2. The average Bonchev–Trinajstić information content (AvgIpc) is 2.64. The van der Waals surface area contributed by atoms with Crippen LogP contribution in [0.25, 0.3) is 0 Å². The minimum atomic E-state index is -0.596. The number of aryl methyl sites for hydroxylation is 1. The Morgan fingerprint density at radius 3 is 2.50 bits per heavy atom. The van der Waals surface area contributed by atoms with Crippen molar-refractivity contribution in [3.63, 3.8) is 0 Å². The van der Waals surface area contributed by atoms with E-state index in [9.17, 15) is 9.59 Å². The monoisotopic (exact) mass is 418 g/mol. The Kier molecular flexibility index (Phi) is 7.21. The molecule has 0 fully saturated rings. The van der Waals surface area contributed by atoms with Crippen LogP contribution < -0.4 is 10.1 Å². The number of rotatable bonds is 7. The van der Waals surface area contributed by atoms with E-state index < -0.39 is 6.04 Å². The molecular weight excluding hydrogens is 396 g/mol. The maximum absolute atomic E-state index is 12.7. The molecule has 2 aromatic carbocycles. The highest BCUT2D eigenvalue weighted by atomic mass is 79.9. The van der Waals surface area contributed by atoms with Gasteiger partial charge in [0.05, 0.1) is 0 Å². The smallest absolute Gasteiger partial charge is 0.261 e. The summed E-state index contributed by atoms with van der Waals surface area (Å²) < 4.78 is 6.52. The molecular formula is C20H23BrN2O3. The molecule has 1 N–H and O–H groups in total. The maximum Gasteiger partial charge on any atom is 0.261 e. The van der Waals surface area contributed by atoms with Crippen molar-refractivity contribution < 1.29 is 14.3 Å². The quantitative estimate of drug-likeness (QED) is 0.750. The van der Waals surface area contributed by atoms with Gasteiger partial charge in [-0.3, -0.25) is 9.59 Å². The Labute approximate surface area is 162 Å². The zero-order chi connectivity index (χ0) is 19.1. The van der Waals surface area contributed by atoms with E-state index in [2.05, 4.69) is 21.2 Å². The first kappa shape index (κ1) is 20.0. The maximum atomic E-state index is 12.7. The van der Waals surface area contributed by atoms with Crippen molar-refractivity contribution in [2.45, 2.75) is 26.4 Å². The molecule has 2 amide bonds. The lowest BCUT2D eigenvalue weighted by Gasteiger charge is -2.28. The van der Waals surface area contributed by atoms with Gasteiger partial charge in [-0.15, -0.1) is 0 Å². The topological polar surface area (TPSA) is 58.6 Å². The molecule has 6 heteroatoms. The summed E-state index contributed by atoms with van der Waals surface area (Å²) in [6.07, 6.45) is 0. The highest BCUT2D eigenvalue weighted by Crippen LogP contribution is 2.17. The van der Waals surface area contributed by atoms with Gasteiger partial charge >= 0.3 is 0 Å². The van der Waals surface area contributed by atoms with Gasteiger partial charge in [0.25, 0.3) is 5.91 Å². The van der Waals surface area contributed by atoms with Crippen LogP contribution in [0.15, 0.2) is 53.0 Å². The average molecular weight is 419 g/mol. The van der Waals surface area contributed by atoms with E-state index in [1.54, 1.807) is 26.1 Å². The van der Waals surface area contributed by atoms with E-state index >= 15 is 0 Å². The number of nitrogens with one attached hydrogen (secondary N) is 1. The molecule has 2 aromatic rings. The van der Waals surface area contributed by atoms with Crippen LogP contribution in [0.4, 0.5) is 0 Å². The Morgan fingerprint density at radius 1 is 1.19 bits per heavy atom. The number of nitrogens with zero attached hydrogens (tertiary/aromatic N) is 1. The lowest BCUT2D eigenvalue weighted by Crippen LogP contribution is -2.48. The van der Waals surface area contributed by atoms with Gasteiger partial charge in [-0.2, -0.15) is 0 Å². The van der Waals surface area contributed by atoms with Crippen LogP contribution in [0, 0.1) is 6.92 Å². The molecule has 0 unspecified atom stereocenters. The van der Waals surface area contributed by atoms with E-state index in [0.717, 1.165) is 15.6 Å². The number of carbonyl (C=O) groups excluding carboxylic acids is 2. The van der Waals surface area contributed by atoms with Crippen molar-refractivity contribution >= 4 is 27.7 Å². The van der Waals surface area contributed by atoms with Crippen LogP contribution in [0.3, 0.4) is 0 Å². The Morgan fingerprint density at radius 2 is 1.88 bits per heavy atom. The van der Waals surface area contributed by atoms with Gasteiger partial charge in [0, 0.05) is 18.1 Å². The van der Waals surface area contributed by atoms with Crippen LogP contribution >= 0.6 is 15.9 Å². The number of hydrogen-bond acceptors (Lipinski definition) is 3. The Hall–Kier alpha value is -2.34. The van der Waals surface area contributed by atoms with E-state index in [4.69, 9.17) is 4.74 Å². The largest absolute Gasteiger partial charge is 0.484 e. The third kappa shape index (κ3) is 5.59. The van der Waals surface area contributed by atoms with Crippen LogP contribution in [-0.2, 0) is 16.1 Å². The SMILES string of the molecule is CNC(=O)[C@@H](C)N(Cc1cccc(C)c1)C(=O)COc1ccc(Br)cc1. The number of ether oxygens (including phenoxy) is 1. The first-order valence-corrected chi connectivity index (χ1v) is 9.15. The first-order valence-electron chi connectivity index (χ1n) is 8.35. The molecule has 0 aliphatic rings. The van der Waals surface area contributed by atoms with Crippen molar-refractivity contribution in [2.75, 3.05) is 13.7 Å². The van der Waals surface area contributed by atoms with Crippen LogP contribution in [-0.4, -0.2) is 36.4 Å². The molecule has 138 valence electrons. The molecule has 0 aliphatic carbocycles. The molecule has 2 rings (SSSR count). The van der Waals surface area contributed by atoms with Crippen molar-refractivity contribution in [1.82, 2.24) is 10.2 Å². The highest BCUT2D eigenvalue weighted by molar-refractivity contribution is 9.10. The molecule has 0 spiro atoms. The van der Waals surface area contributed by atoms with Crippen molar-refractivity contribution in [3.05, 3.63) is 64.1 Å². The summed E-state index contributed by atoms with van der Waals surface area (Å²) in [5, 5.41) is 2.60. The van der Waals surface area contributed by atoms with Gasteiger partial charge in [-0.05, 0) is 43.7 Å². The fraction of sp³-hybridized carbons (Fsp3) is 0.300. The summed E-state index contributed by atoms with van der Waals surface area (Å²) in [5.74, 6) is 0.143. The summed E-state index contributed by atoms with van der Waals surface area (Å²) in [6.45, 7) is 3.92. The lowest BCUT2D eigenvalue weighted by molar-refractivity contribution is -0.142. The molecule has 26 heavy (non-hydrogen) atoms. The number of benzene rings is 2. The number of halogens is 1. The van der Waals surface area contributed by atoms with E-state index in [0.29, 0.717) is 12.3 Å². The van der Waals surface area contributed by atoms with Crippen LogP contribution in [0.1, 0.15) is 18.1 Å². The van der Waals surface area contributed by atoms with Gasteiger partial charge in [-0.1, -0.05) is 45.8 Å². The summed E-state index contributed by atoms with van der Waals surface area (Å²) >= 11 is 3.36. The molecule has 0 aliphatic heterocycles. The number of hydrogen-bond donors (Lipinski definition) is 1. The van der Waals surface area contributed by atoms with Crippen molar-refractivity contribution in [2.24, 2.45) is 0 Å². The molecule has 0 saturated heterocycles. The second-order valence-electron chi connectivity index (χ2n) is 6.04. The third-order valence-electron chi connectivity index (χ3n) is 4.03. The second-order valence-corrected chi connectivity index (χ2v) is 6.96. The van der Waals surface area contributed by atoms with Gasteiger partial charge in [0.15, 0.2) is 6.61 Å². The molecule has 1 atom stereocenters. The zero-order valence-corrected chi connectivity index (χ0v) is 16.7. The predicted molar refractivity (Wildman–Crippen MR) is 105 cm³/mol. The summed E-state index contributed by atoms with van der Waals surface area (Å²) in [4.78, 5) is 26.4. The molecule has 0 aromatic heterocycles. The molecule has 5 nitrogen and oxygen atoms in total. The Bertz CT molecular complexity index is 762. The van der Waals surface area contributed by atoms with Crippen LogP contribution in [0.5, 0.6) is 5.75 Å². The van der Waals surface area contributed by atoms with Gasteiger partial charge in [0.2, 0.25) is 5.91 Å². The highest BCUT2D eigenvalue weighted by Gasteiger charge is 2.25. The van der Waals surface area contributed by atoms with Gasteiger partial charge in [0.1, 0.15) is 11.8 Å². The summed E-state index contributed by atoms with van der Waals surface area (Å²) in [7, 11) is 1.56. The fourth-order valence-electron chi connectivity index (χ4n) is 2.56. The second kappa shape index (κ2) is 9.38. The normalized spacial score (nSPS) is 11.5. The summed E-state index contributed by atoms with van der Waals surface area (Å²) in [5.41, 5.74) is 2.08. The number of likely N-dealkylation sites (N-methyl/N-ethyl adjacent to an activating group) is 1. The van der Waals surface area contributed by atoms with Gasteiger partial charge < -0.3 is 15.0 Å². The molecule has 0 radical (unpaired) electrons. The predicted octanol–water partition coefficient (Wildman–Crippen LogP) is 3.30.